The van der Waals surface area contributed by atoms with Gasteiger partial charge in [0.25, 0.3) is 0 Å². The second kappa shape index (κ2) is 4.35. The predicted molar refractivity (Wildman–Crippen MR) is 82.1 cm³/mol. The first-order valence-corrected chi connectivity index (χ1v) is 8.27. The Balaban J connectivity index is 1.92. The van der Waals surface area contributed by atoms with E-state index in [4.69, 9.17) is 0 Å². The molecule has 1 nitrogen and oxygen atoms in total. The highest BCUT2D eigenvalue weighted by Gasteiger charge is 2.61. The summed E-state index contributed by atoms with van der Waals surface area (Å²) in [5.41, 5.74) is 1.82. The zero-order valence-corrected chi connectivity index (χ0v) is 13.1. The molecule has 3 unspecified atom stereocenters. The first-order valence-electron chi connectivity index (χ1n) is 8.27. The molecule has 0 saturated heterocycles. The zero-order valence-electron chi connectivity index (χ0n) is 13.1. The zero-order chi connectivity index (χ0) is 13.7. The van der Waals surface area contributed by atoms with Gasteiger partial charge in [0.2, 0.25) is 0 Å². The van der Waals surface area contributed by atoms with Crippen LogP contribution in [0.4, 0.5) is 0 Å². The average molecular weight is 261 g/mol. The van der Waals surface area contributed by atoms with Crippen LogP contribution >= 0.6 is 0 Å². The van der Waals surface area contributed by atoms with Crippen LogP contribution in [0, 0.1) is 22.2 Å². The molecule has 0 radical (unpaired) electrons. The topological polar surface area (TPSA) is 12.0 Å². The van der Waals surface area contributed by atoms with Gasteiger partial charge < -0.3 is 5.32 Å². The van der Waals surface area contributed by atoms with Crippen LogP contribution in [0.3, 0.4) is 0 Å². The minimum absolute atomic E-state index is 0.563. The first kappa shape index (κ1) is 13.7. The Morgan fingerprint density at radius 1 is 1.16 bits per heavy atom. The molecule has 0 amide bonds. The molecule has 108 valence electrons. The van der Waals surface area contributed by atoms with E-state index in [-0.39, 0.29) is 0 Å². The van der Waals surface area contributed by atoms with Gasteiger partial charge in [-0.05, 0) is 73.7 Å². The Labute approximate surface area is 119 Å². The Bertz CT molecular complexity index is 354. The molecule has 0 spiro atoms. The van der Waals surface area contributed by atoms with Gasteiger partial charge >= 0.3 is 0 Å². The molecule has 4 aliphatic rings. The fourth-order valence-corrected chi connectivity index (χ4v) is 6.89. The molecule has 0 aromatic carbocycles. The van der Waals surface area contributed by atoms with Crippen molar-refractivity contribution in [2.75, 3.05) is 6.54 Å². The van der Waals surface area contributed by atoms with E-state index >= 15 is 0 Å². The van der Waals surface area contributed by atoms with Gasteiger partial charge in [-0.25, -0.2) is 0 Å². The molecule has 0 aromatic heterocycles. The molecular weight excluding hydrogens is 230 g/mol. The highest BCUT2D eigenvalue weighted by Crippen LogP contribution is 2.70. The highest BCUT2D eigenvalue weighted by molar-refractivity contribution is 5.14. The number of nitrogens with one attached hydrogen (secondary N) is 1. The minimum atomic E-state index is 0.563. The third kappa shape index (κ3) is 2.18. The summed E-state index contributed by atoms with van der Waals surface area (Å²) >= 11 is 0. The quantitative estimate of drug-likeness (QED) is 0.717. The molecule has 0 heterocycles. The minimum Gasteiger partial charge on any atom is -0.313 e. The van der Waals surface area contributed by atoms with Gasteiger partial charge in [-0.1, -0.05) is 26.8 Å². The molecular formula is C18H31N. The van der Waals surface area contributed by atoms with E-state index in [0.717, 1.165) is 18.9 Å². The van der Waals surface area contributed by atoms with E-state index in [1.54, 1.807) is 0 Å². The smallest absolute Gasteiger partial charge is 0.0158 e. The van der Waals surface area contributed by atoms with Crippen molar-refractivity contribution in [3.63, 3.8) is 0 Å². The summed E-state index contributed by atoms with van der Waals surface area (Å²) in [5, 5.41) is 3.80. The lowest BCUT2D eigenvalue weighted by Gasteiger charge is -2.67. The SMILES string of the molecule is C=CCC(NCC)C12CC3CC(C)(CC(C)(C3)C1)C2. The van der Waals surface area contributed by atoms with Gasteiger partial charge in [-0.15, -0.1) is 6.58 Å². The second-order valence-electron chi connectivity index (χ2n) is 8.63. The van der Waals surface area contributed by atoms with E-state index < -0.39 is 0 Å². The van der Waals surface area contributed by atoms with Crippen molar-refractivity contribution in [1.29, 1.82) is 0 Å². The summed E-state index contributed by atoms with van der Waals surface area (Å²) in [6.07, 6.45) is 12.1. The van der Waals surface area contributed by atoms with Gasteiger partial charge in [0.1, 0.15) is 0 Å². The van der Waals surface area contributed by atoms with Crippen molar-refractivity contribution < 1.29 is 0 Å². The molecule has 0 aromatic rings. The van der Waals surface area contributed by atoms with Crippen LogP contribution in [-0.4, -0.2) is 12.6 Å². The first-order chi connectivity index (χ1) is 8.93. The maximum Gasteiger partial charge on any atom is 0.0158 e. The van der Waals surface area contributed by atoms with E-state index in [1.807, 2.05) is 0 Å². The van der Waals surface area contributed by atoms with Crippen molar-refractivity contribution >= 4 is 0 Å². The molecule has 4 rings (SSSR count). The Hall–Kier alpha value is -0.300. The fraction of sp³-hybridized carbons (Fsp3) is 0.889. The monoisotopic (exact) mass is 261 g/mol. The number of rotatable bonds is 5. The van der Waals surface area contributed by atoms with E-state index in [0.29, 0.717) is 22.3 Å². The lowest BCUT2D eigenvalue weighted by molar-refractivity contribution is -0.157. The van der Waals surface area contributed by atoms with Crippen LogP contribution in [0.15, 0.2) is 12.7 Å². The molecule has 4 fully saturated rings. The van der Waals surface area contributed by atoms with E-state index in [2.05, 4.69) is 38.7 Å². The van der Waals surface area contributed by atoms with Crippen molar-refractivity contribution in [3.8, 4) is 0 Å². The summed E-state index contributed by atoms with van der Waals surface area (Å²) in [7, 11) is 0. The Morgan fingerprint density at radius 3 is 2.26 bits per heavy atom. The van der Waals surface area contributed by atoms with Gasteiger partial charge in [0.15, 0.2) is 0 Å². The van der Waals surface area contributed by atoms with Crippen LogP contribution in [0.25, 0.3) is 0 Å². The molecule has 4 aliphatic carbocycles. The van der Waals surface area contributed by atoms with Crippen LogP contribution in [0.1, 0.15) is 65.7 Å². The number of hydrogen-bond acceptors (Lipinski definition) is 1. The molecule has 1 N–H and O–H groups in total. The van der Waals surface area contributed by atoms with Crippen molar-refractivity contribution in [2.24, 2.45) is 22.2 Å². The molecule has 4 bridgehead atoms. The highest BCUT2D eigenvalue weighted by atomic mass is 14.9. The molecule has 19 heavy (non-hydrogen) atoms. The van der Waals surface area contributed by atoms with Crippen molar-refractivity contribution in [3.05, 3.63) is 12.7 Å². The fourth-order valence-electron chi connectivity index (χ4n) is 6.89. The standard InChI is InChI=1S/C18H31N/c1-5-7-15(19-6-2)18-10-14-8-16(3,12-18)11-17(4,9-14)13-18/h5,14-15,19H,1,6-13H2,2-4H3. The summed E-state index contributed by atoms with van der Waals surface area (Å²) < 4.78 is 0. The molecule has 3 atom stereocenters. The van der Waals surface area contributed by atoms with Crippen LogP contribution in [-0.2, 0) is 0 Å². The second-order valence-corrected chi connectivity index (χ2v) is 8.63. The summed E-state index contributed by atoms with van der Waals surface area (Å²) in [6.45, 7) is 12.5. The van der Waals surface area contributed by atoms with Crippen LogP contribution in [0.2, 0.25) is 0 Å². The van der Waals surface area contributed by atoms with Crippen molar-refractivity contribution in [1.82, 2.24) is 5.32 Å². The largest absolute Gasteiger partial charge is 0.313 e. The summed E-state index contributed by atoms with van der Waals surface area (Å²) in [5.74, 6) is 0.997. The normalized spacial score (nSPS) is 49.3. The Kier molecular flexibility index (Phi) is 3.13. The van der Waals surface area contributed by atoms with Gasteiger partial charge in [-0.3, -0.25) is 0 Å². The third-order valence-corrected chi connectivity index (χ3v) is 6.26. The summed E-state index contributed by atoms with van der Waals surface area (Å²) in [6, 6.07) is 0.664. The maximum atomic E-state index is 4.00. The van der Waals surface area contributed by atoms with Crippen molar-refractivity contribution in [2.45, 2.75) is 71.8 Å². The van der Waals surface area contributed by atoms with E-state index in [1.165, 1.54) is 38.5 Å². The van der Waals surface area contributed by atoms with Gasteiger partial charge in [0.05, 0.1) is 0 Å². The third-order valence-electron chi connectivity index (χ3n) is 6.26. The van der Waals surface area contributed by atoms with Crippen LogP contribution in [0.5, 0.6) is 0 Å². The lowest BCUT2D eigenvalue weighted by atomic mass is 9.39. The lowest BCUT2D eigenvalue weighted by Crippen LogP contribution is -2.61. The summed E-state index contributed by atoms with van der Waals surface area (Å²) in [4.78, 5) is 0. The average Bonchev–Trinajstić information content (AvgIpc) is 2.23. The number of hydrogen-bond donors (Lipinski definition) is 1. The Morgan fingerprint density at radius 2 is 1.79 bits per heavy atom. The molecule has 4 saturated carbocycles. The van der Waals surface area contributed by atoms with Gasteiger partial charge in [-0.2, -0.15) is 0 Å². The van der Waals surface area contributed by atoms with Gasteiger partial charge in [0, 0.05) is 6.04 Å². The molecule has 0 aliphatic heterocycles. The predicted octanol–water partition coefficient (Wildman–Crippen LogP) is 4.54. The van der Waals surface area contributed by atoms with Crippen LogP contribution < -0.4 is 5.32 Å². The maximum absolute atomic E-state index is 4.00. The van der Waals surface area contributed by atoms with E-state index in [9.17, 15) is 0 Å². The molecule has 1 heteroatoms.